The summed E-state index contributed by atoms with van der Waals surface area (Å²) in [6.45, 7) is 5.51. The Morgan fingerprint density at radius 2 is 1.74 bits per heavy atom. The van der Waals surface area contributed by atoms with E-state index in [4.69, 9.17) is 0 Å². The number of benzene rings is 2. The maximum Gasteiger partial charge on any atom is 0.299 e. The van der Waals surface area contributed by atoms with Gasteiger partial charge in [-0.15, -0.1) is 5.11 Å². The second kappa shape index (κ2) is 6.27. The summed E-state index contributed by atoms with van der Waals surface area (Å²) in [6, 6.07) is 16.8. The summed E-state index contributed by atoms with van der Waals surface area (Å²) in [5.41, 5.74) is 3.21. The Kier molecular flexibility index (Phi) is 4.01. The molecule has 0 aliphatic rings. The Bertz CT molecular complexity index is 902. The van der Waals surface area contributed by atoms with Crippen LogP contribution in [0.5, 0.6) is 0 Å². The molecule has 1 heterocycles. The second-order valence-electron chi connectivity index (χ2n) is 5.06. The lowest BCUT2D eigenvalue weighted by Gasteiger charge is -1.99. The summed E-state index contributed by atoms with van der Waals surface area (Å²) in [6.07, 6.45) is 1.76. The summed E-state index contributed by atoms with van der Waals surface area (Å²) in [5.74, 6) is 0. The van der Waals surface area contributed by atoms with Gasteiger partial charge < -0.3 is 0 Å². The molecular weight excluding hydrogens is 288 g/mol. The molecule has 0 saturated heterocycles. The van der Waals surface area contributed by atoms with Crippen LogP contribution in [0.15, 0.2) is 76.2 Å². The Morgan fingerprint density at radius 3 is 2.39 bits per heavy atom. The van der Waals surface area contributed by atoms with Crippen LogP contribution in [0.1, 0.15) is 11.3 Å². The van der Waals surface area contributed by atoms with Crippen molar-refractivity contribution in [1.29, 1.82) is 0 Å². The molecule has 1 N–H and O–H groups in total. The number of rotatable bonds is 4. The van der Waals surface area contributed by atoms with Gasteiger partial charge in [0.2, 0.25) is 0 Å². The molecule has 0 spiro atoms. The lowest BCUT2D eigenvalue weighted by molar-refractivity contribution is 0.835. The fraction of sp³-hybridized carbons (Fsp3) is 0.0556. The molecule has 3 rings (SSSR count). The summed E-state index contributed by atoms with van der Waals surface area (Å²) in [4.78, 5) is 12.5. The van der Waals surface area contributed by atoms with E-state index < -0.39 is 0 Å². The third-order valence-corrected chi connectivity index (χ3v) is 3.45. The lowest BCUT2D eigenvalue weighted by Crippen LogP contribution is -2.13. The molecular formula is C18H16N4O. The first-order chi connectivity index (χ1) is 11.2. The number of azo groups is 1. The SMILES string of the molecule is C=Cc1ccc(/N=N/c2c(C)[nH]n(-c3ccccc3)c2=O)cc1. The number of nitrogens with one attached hydrogen (secondary N) is 1. The van der Waals surface area contributed by atoms with E-state index in [0.29, 0.717) is 17.1 Å². The van der Waals surface area contributed by atoms with E-state index in [9.17, 15) is 4.79 Å². The quantitative estimate of drug-likeness (QED) is 0.707. The zero-order valence-corrected chi connectivity index (χ0v) is 12.7. The smallest absolute Gasteiger partial charge is 0.293 e. The molecule has 5 heteroatoms. The van der Waals surface area contributed by atoms with E-state index >= 15 is 0 Å². The third-order valence-electron chi connectivity index (χ3n) is 3.45. The number of aromatic nitrogens is 2. The highest BCUT2D eigenvalue weighted by molar-refractivity contribution is 5.51. The van der Waals surface area contributed by atoms with Crippen LogP contribution in [0.3, 0.4) is 0 Å². The van der Waals surface area contributed by atoms with Gasteiger partial charge in [-0.25, -0.2) is 4.68 Å². The van der Waals surface area contributed by atoms with Gasteiger partial charge in [0.1, 0.15) is 0 Å². The number of nitrogens with zero attached hydrogens (tertiary/aromatic N) is 3. The molecule has 0 atom stereocenters. The van der Waals surface area contributed by atoms with Crippen LogP contribution in [0.2, 0.25) is 0 Å². The van der Waals surface area contributed by atoms with Crippen LogP contribution >= 0.6 is 0 Å². The highest BCUT2D eigenvalue weighted by Crippen LogP contribution is 2.19. The van der Waals surface area contributed by atoms with Gasteiger partial charge in [0.05, 0.1) is 17.1 Å². The van der Waals surface area contributed by atoms with Crippen LogP contribution in [0, 0.1) is 6.92 Å². The lowest BCUT2D eigenvalue weighted by atomic mass is 10.2. The van der Waals surface area contributed by atoms with Gasteiger partial charge in [-0.05, 0) is 36.8 Å². The van der Waals surface area contributed by atoms with E-state index in [-0.39, 0.29) is 5.56 Å². The predicted octanol–water partition coefficient (Wildman–Crippen LogP) is 4.53. The Balaban J connectivity index is 1.94. The van der Waals surface area contributed by atoms with Crippen molar-refractivity contribution < 1.29 is 0 Å². The zero-order chi connectivity index (χ0) is 16.2. The van der Waals surface area contributed by atoms with E-state index in [1.54, 1.807) is 13.0 Å². The number of hydrogen-bond donors (Lipinski definition) is 1. The summed E-state index contributed by atoms with van der Waals surface area (Å²) < 4.78 is 1.46. The minimum absolute atomic E-state index is 0.222. The van der Waals surface area contributed by atoms with Crippen molar-refractivity contribution in [2.45, 2.75) is 6.92 Å². The van der Waals surface area contributed by atoms with Crippen LogP contribution in [0.25, 0.3) is 11.8 Å². The minimum atomic E-state index is -0.222. The van der Waals surface area contributed by atoms with Crippen LogP contribution in [-0.4, -0.2) is 9.78 Å². The minimum Gasteiger partial charge on any atom is -0.293 e. The van der Waals surface area contributed by atoms with Gasteiger partial charge in [-0.3, -0.25) is 9.89 Å². The number of hydrogen-bond acceptors (Lipinski definition) is 3. The standard InChI is InChI=1S/C18H16N4O/c1-3-14-9-11-15(12-10-14)19-20-17-13(2)21-22(18(17)23)16-7-5-4-6-8-16/h3-12,21H,1H2,2H3/b20-19+. The first-order valence-electron chi connectivity index (χ1n) is 7.20. The van der Waals surface area contributed by atoms with Gasteiger partial charge in [0, 0.05) is 0 Å². The Labute approximate surface area is 133 Å². The molecule has 23 heavy (non-hydrogen) atoms. The topological polar surface area (TPSA) is 62.5 Å². The molecule has 0 radical (unpaired) electrons. The van der Waals surface area contributed by atoms with Gasteiger partial charge in [-0.2, -0.15) is 5.11 Å². The average Bonchev–Trinajstić information content (AvgIpc) is 2.88. The maximum absolute atomic E-state index is 12.5. The molecule has 0 fully saturated rings. The number of aryl methyl sites for hydroxylation is 1. The van der Waals surface area contributed by atoms with Crippen molar-refractivity contribution in [2.24, 2.45) is 10.2 Å². The molecule has 114 valence electrons. The van der Waals surface area contributed by atoms with Gasteiger partial charge in [-0.1, -0.05) is 43.0 Å². The first-order valence-corrected chi connectivity index (χ1v) is 7.20. The summed E-state index contributed by atoms with van der Waals surface area (Å²) in [7, 11) is 0. The van der Waals surface area contributed by atoms with Crippen LogP contribution in [-0.2, 0) is 0 Å². The highest BCUT2D eigenvalue weighted by Gasteiger charge is 2.11. The van der Waals surface area contributed by atoms with Crippen molar-refractivity contribution in [2.75, 3.05) is 0 Å². The highest BCUT2D eigenvalue weighted by atomic mass is 16.1. The monoisotopic (exact) mass is 304 g/mol. The number of aromatic amines is 1. The van der Waals surface area contributed by atoms with Gasteiger partial charge in [0.15, 0.2) is 5.69 Å². The molecule has 2 aromatic carbocycles. The number of H-pyrrole nitrogens is 1. The van der Waals surface area contributed by atoms with Crippen molar-refractivity contribution >= 4 is 17.5 Å². The van der Waals surface area contributed by atoms with Gasteiger partial charge >= 0.3 is 0 Å². The Morgan fingerprint density at radius 1 is 1.04 bits per heavy atom. The van der Waals surface area contributed by atoms with Crippen molar-refractivity contribution in [1.82, 2.24) is 9.78 Å². The molecule has 0 unspecified atom stereocenters. The largest absolute Gasteiger partial charge is 0.299 e. The van der Waals surface area contributed by atoms with E-state index in [2.05, 4.69) is 21.9 Å². The first kappa shape index (κ1) is 14.7. The molecule has 0 saturated carbocycles. The van der Waals surface area contributed by atoms with Crippen molar-refractivity contribution in [3.8, 4) is 5.69 Å². The van der Waals surface area contributed by atoms with E-state index in [0.717, 1.165) is 11.3 Å². The molecule has 5 nitrogen and oxygen atoms in total. The van der Waals surface area contributed by atoms with E-state index in [1.165, 1.54) is 4.68 Å². The van der Waals surface area contributed by atoms with Gasteiger partial charge in [0.25, 0.3) is 5.56 Å². The van der Waals surface area contributed by atoms with Crippen molar-refractivity contribution in [3.63, 3.8) is 0 Å². The fourth-order valence-corrected chi connectivity index (χ4v) is 2.20. The third kappa shape index (κ3) is 3.03. The van der Waals surface area contributed by atoms with Crippen LogP contribution < -0.4 is 5.56 Å². The molecule has 0 amide bonds. The normalized spacial score (nSPS) is 11.0. The molecule has 0 aliphatic carbocycles. The number of para-hydroxylation sites is 1. The Hall–Kier alpha value is -3.21. The molecule has 0 aliphatic heterocycles. The molecule has 0 bridgehead atoms. The summed E-state index contributed by atoms with van der Waals surface area (Å²) in [5, 5.41) is 11.3. The van der Waals surface area contributed by atoms with Crippen molar-refractivity contribution in [3.05, 3.63) is 82.8 Å². The van der Waals surface area contributed by atoms with Crippen LogP contribution in [0.4, 0.5) is 11.4 Å². The average molecular weight is 304 g/mol. The summed E-state index contributed by atoms with van der Waals surface area (Å²) >= 11 is 0. The maximum atomic E-state index is 12.5. The second-order valence-corrected chi connectivity index (χ2v) is 5.06. The molecule has 1 aromatic heterocycles. The predicted molar refractivity (Wildman–Crippen MR) is 91.8 cm³/mol. The van der Waals surface area contributed by atoms with E-state index in [1.807, 2.05) is 54.6 Å². The fourth-order valence-electron chi connectivity index (χ4n) is 2.20. The zero-order valence-electron chi connectivity index (χ0n) is 12.7. The molecule has 3 aromatic rings.